The molecule has 2 rings (SSSR count). The van der Waals surface area contributed by atoms with Crippen molar-refractivity contribution >= 4 is 35.0 Å². The van der Waals surface area contributed by atoms with Crippen molar-refractivity contribution in [1.82, 2.24) is 15.0 Å². The molecule has 104 valence electrons. The number of nitrogen functional groups attached to an aromatic ring is 2. The minimum Gasteiger partial charge on any atom is -0.505 e. The molecule has 0 aliphatic carbocycles. The molecule has 9 heteroatoms. The first-order chi connectivity index (χ1) is 9.52. The van der Waals surface area contributed by atoms with E-state index in [9.17, 15) is 9.90 Å². The number of carbonyl (C=O) groups excluding carboxylic acids is 1. The third-order valence-corrected chi connectivity index (χ3v) is 2.96. The maximum Gasteiger partial charge on any atom is 0.259 e. The van der Waals surface area contributed by atoms with Gasteiger partial charge in [-0.05, 0) is 12.3 Å². The molecule has 8 nitrogen and oxygen atoms in total. The number of hydrogen-bond acceptors (Lipinski definition) is 8. The molecule has 2 aromatic heterocycles. The summed E-state index contributed by atoms with van der Waals surface area (Å²) in [5.41, 5.74) is 11.6. The molecule has 6 N–H and O–H groups in total. The maximum atomic E-state index is 12.0. The highest BCUT2D eigenvalue weighted by Crippen LogP contribution is 2.26. The lowest BCUT2D eigenvalue weighted by Gasteiger charge is -2.11. The third kappa shape index (κ3) is 2.72. The molecular weight excluding hydrogens is 280 g/mol. The topological polar surface area (TPSA) is 140 Å². The molecule has 0 saturated heterocycles. The van der Waals surface area contributed by atoms with Crippen molar-refractivity contribution in [2.45, 2.75) is 5.16 Å². The van der Waals surface area contributed by atoms with Crippen molar-refractivity contribution in [1.29, 1.82) is 0 Å². The van der Waals surface area contributed by atoms with E-state index in [1.54, 1.807) is 6.26 Å². The summed E-state index contributed by atoms with van der Waals surface area (Å²) in [6, 6.07) is 1.37. The highest BCUT2D eigenvalue weighted by molar-refractivity contribution is 7.98. The smallest absolute Gasteiger partial charge is 0.259 e. The summed E-state index contributed by atoms with van der Waals surface area (Å²) in [5, 5.41) is 12.4. The number of nitrogens with zero attached hydrogens (tertiary/aromatic N) is 3. The number of thioether (sulfide) groups is 1. The van der Waals surface area contributed by atoms with E-state index in [4.69, 9.17) is 11.5 Å². The summed E-state index contributed by atoms with van der Waals surface area (Å²) < 4.78 is 0. The summed E-state index contributed by atoms with van der Waals surface area (Å²) in [4.78, 5) is 23.7. The van der Waals surface area contributed by atoms with Gasteiger partial charge in [-0.25, -0.2) is 9.97 Å². The number of pyridine rings is 1. The molecule has 0 atom stereocenters. The van der Waals surface area contributed by atoms with Crippen molar-refractivity contribution < 1.29 is 9.90 Å². The van der Waals surface area contributed by atoms with Crippen LogP contribution >= 0.6 is 11.8 Å². The van der Waals surface area contributed by atoms with E-state index in [1.807, 2.05) is 0 Å². The molecular formula is C11H12N6O2S. The molecule has 2 heterocycles. The van der Waals surface area contributed by atoms with Crippen molar-refractivity contribution in [3.8, 4) is 5.75 Å². The summed E-state index contributed by atoms with van der Waals surface area (Å²) in [6.07, 6.45) is 4.32. The van der Waals surface area contributed by atoms with E-state index >= 15 is 0 Å². The van der Waals surface area contributed by atoms with Crippen LogP contribution in [0.25, 0.3) is 0 Å². The Balaban J connectivity index is 2.31. The second-order valence-electron chi connectivity index (χ2n) is 3.70. The average molecular weight is 292 g/mol. The Hall–Kier alpha value is -2.55. The standard InChI is InChI=1S/C11H12N6O2S/c1-20-11-16-8(12)7(9(13)17-11)15-10(19)5-2-3-14-4-6(5)18/h2-4,18H,1H3,(H,15,19)(H4,12,13,16,17). The zero-order chi connectivity index (χ0) is 14.7. The fourth-order valence-corrected chi connectivity index (χ4v) is 1.83. The Bertz CT molecular complexity index is 640. The first-order valence-electron chi connectivity index (χ1n) is 5.44. The van der Waals surface area contributed by atoms with Gasteiger partial charge in [-0.15, -0.1) is 0 Å². The molecule has 0 saturated carbocycles. The molecule has 1 amide bonds. The van der Waals surface area contributed by atoms with E-state index < -0.39 is 5.91 Å². The minimum absolute atomic E-state index is 0.0488. The molecule has 0 bridgehead atoms. The number of aromatic nitrogens is 3. The Morgan fingerprint density at radius 3 is 2.55 bits per heavy atom. The summed E-state index contributed by atoms with van der Waals surface area (Å²) in [5.74, 6) is -0.708. The number of rotatable bonds is 3. The maximum absolute atomic E-state index is 12.0. The Labute approximate surface area is 118 Å². The fourth-order valence-electron chi connectivity index (χ4n) is 1.45. The van der Waals surface area contributed by atoms with Gasteiger partial charge in [-0.2, -0.15) is 0 Å². The van der Waals surface area contributed by atoms with Gasteiger partial charge in [-0.1, -0.05) is 11.8 Å². The Morgan fingerprint density at radius 1 is 1.35 bits per heavy atom. The van der Waals surface area contributed by atoms with Crippen molar-refractivity contribution in [3.05, 3.63) is 24.0 Å². The quantitative estimate of drug-likeness (QED) is 0.479. The molecule has 0 aliphatic rings. The minimum atomic E-state index is -0.580. The van der Waals surface area contributed by atoms with Gasteiger partial charge in [0.1, 0.15) is 11.4 Å². The molecule has 0 aromatic carbocycles. The lowest BCUT2D eigenvalue weighted by atomic mass is 10.2. The van der Waals surface area contributed by atoms with E-state index in [2.05, 4.69) is 20.3 Å². The van der Waals surface area contributed by atoms with Gasteiger partial charge < -0.3 is 21.9 Å². The first kappa shape index (κ1) is 13.9. The van der Waals surface area contributed by atoms with Crippen LogP contribution in [0.4, 0.5) is 17.3 Å². The van der Waals surface area contributed by atoms with Crippen LogP contribution in [0.2, 0.25) is 0 Å². The number of nitrogens with two attached hydrogens (primary N) is 2. The number of hydrogen-bond donors (Lipinski definition) is 4. The van der Waals surface area contributed by atoms with Crippen LogP contribution in [0.3, 0.4) is 0 Å². The number of carbonyl (C=O) groups is 1. The zero-order valence-electron chi connectivity index (χ0n) is 10.5. The number of anilines is 3. The second kappa shape index (κ2) is 5.61. The monoisotopic (exact) mass is 292 g/mol. The largest absolute Gasteiger partial charge is 0.505 e. The van der Waals surface area contributed by atoms with Crippen LogP contribution in [-0.4, -0.2) is 32.2 Å². The molecule has 20 heavy (non-hydrogen) atoms. The van der Waals surface area contributed by atoms with E-state index in [0.29, 0.717) is 5.16 Å². The van der Waals surface area contributed by atoms with E-state index in [1.165, 1.54) is 24.0 Å². The summed E-state index contributed by atoms with van der Waals surface area (Å²) >= 11 is 1.28. The lowest BCUT2D eigenvalue weighted by molar-refractivity contribution is 0.102. The van der Waals surface area contributed by atoms with Crippen LogP contribution < -0.4 is 16.8 Å². The Kier molecular flexibility index (Phi) is 3.89. The van der Waals surface area contributed by atoms with Gasteiger partial charge in [-0.3, -0.25) is 9.78 Å². The van der Waals surface area contributed by atoms with Crippen LogP contribution in [0.15, 0.2) is 23.6 Å². The van der Waals surface area contributed by atoms with Crippen LogP contribution in [0.5, 0.6) is 5.75 Å². The second-order valence-corrected chi connectivity index (χ2v) is 4.48. The third-order valence-electron chi connectivity index (χ3n) is 2.41. The van der Waals surface area contributed by atoms with Crippen LogP contribution in [0, 0.1) is 0 Å². The average Bonchev–Trinajstić information content (AvgIpc) is 2.42. The predicted molar refractivity (Wildman–Crippen MR) is 76.5 cm³/mol. The Morgan fingerprint density at radius 2 is 2.00 bits per heavy atom. The summed E-state index contributed by atoms with van der Waals surface area (Å²) in [6.45, 7) is 0. The van der Waals surface area contributed by atoms with E-state index in [0.717, 1.165) is 6.20 Å². The SMILES string of the molecule is CSc1nc(N)c(NC(=O)c2ccncc2O)c(N)n1. The van der Waals surface area contributed by atoms with Gasteiger partial charge in [0.2, 0.25) is 0 Å². The highest BCUT2D eigenvalue weighted by Gasteiger charge is 2.16. The van der Waals surface area contributed by atoms with Gasteiger partial charge in [0.15, 0.2) is 16.8 Å². The van der Waals surface area contributed by atoms with Crippen molar-refractivity contribution in [2.24, 2.45) is 0 Å². The fraction of sp³-hybridized carbons (Fsp3) is 0.0909. The van der Waals surface area contributed by atoms with Gasteiger partial charge in [0.05, 0.1) is 11.8 Å². The molecule has 2 aromatic rings. The van der Waals surface area contributed by atoms with Crippen LogP contribution in [-0.2, 0) is 0 Å². The number of aromatic hydroxyl groups is 1. The first-order valence-corrected chi connectivity index (χ1v) is 6.66. The predicted octanol–water partition coefficient (Wildman–Crippen LogP) is 0.716. The molecule has 0 radical (unpaired) electrons. The van der Waals surface area contributed by atoms with Crippen LogP contribution in [0.1, 0.15) is 10.4 Å². The van der Waals surface area contributed by atoms with E-state index in [-0.39, 0.29) is 28.6 Å². The molecule has 0 unspecified atom stereocenters. The van der Waals surface area contributed by atoms with Gasteiger partial charge >= 0.3 is 0 Å². The highest BCUT2D eigenvalue weighted by atomic mass is 32.2. The van der Waals surface area contributed by atoms with Crippen molar-refractivity contribution in [3.63, 3.8) is 0 Å². The normalized spacial score (nSPS) is 10.2. The number of amides is 1. The zero-order valence-corrected chi connectivity index (χ0v) is 11.3. The number of nitrogens with one attached hydrogen (secondary N) is 1. The van der Waals surface area contributed by atoms with Gasteiger partial charge in [0.25, 0.3) is 5.91 Å². The molecule has 0 spiro atoms. The lowest BCUT2D eigenvalue weighted by Crippen LogP contribution is -2.16. The van der Waals surface area contributed by atoms with Crippen molar-refractivity contribution in [2.75, 3.05) is 23.0 Å². The summed E-state index contributed by atoms with van der Waals surface area (Å²) in [7, 11) is 0. The molecule has 0 aliphatic heterocycles. The van der Waals surface area contributed by atoms with Gasteiger partial charge in [0, 0.05) is 6.20 Å². The molecule has 0 fully saturated rings.